The minimum absolute atomic E-state index is 0.222. The second kappa shape index (κ2) is 9.21. The zero-order valence-corrected chi connectivity index (χ0v) is 16.2. The third-order valence-electron chi connectivity index (χ3n) is 3.94. The average molecular weight is 430 g/mol. The molecule has 0 saturated carbocycles. The molecule has 0 spiro atoms. The summed E-state index contributed by atoms with van der Waals surface area (Å²) < 4.78 is 47.3. The maximum absolute atomic E-state index is 12.8. The molecule has 0 fully saturated rings. The molecule has 9 heteroatoms. The van der Waals surface area contributed by atoms with Crippen molar-refractivity contribution in [3.05, 3.63) is 89.5 Å². The topological polar surface area (TPSA) is 80.6 Å². The Morgan fingerprint density at radius 2 is 1.65 bits per heavy atom. The molecule has 31 heavy (non-hydrogen) atoms. The molecule has 0 aliphatic heterocycles. The Bertz CT molecular complexity index is 1110. The number of anilines is 1. The molecule has 2 amide bonds. The number of nitrogens with one attached hydrogen (secondary N) is 2. The van der Waals surface area contributed by atoms with Crippen molar-refractivity contribution in [1.82, 2.24) is 5.32 Å². The first kappa shape index (κ1) is 21.7. The lowest BCUT2D eigenvalue weighted by molar-refractivity contribution is -0.274. The van der Waals surface area contributed by atoms with Crippen LogP contribution in [0.1, 0.15) is 21.9 Å². The summed E-state index contributed by atoms with van der Waals surface area (Å²) in [5.41, 5.74) is -0.164. The molecule has 0 radical (unpaired) electrons. The van der Waals surface area contributed by atoms with Crippen LogP contribution in [0.2, 0.25) is 0 Å². The number of para-hydroxylation sites is 2. The van der Waals surface area contributed by atoms with E-state index in [9.17, 15) is 22.8 Å². The zero-order chi connectivity index (χ0) is 22.4. The van der Waals surface area contributed by atoms with Crippen LogP contribution < -0.4 is 15.4 Å². The molecule has 6 nitrogen and oxygen atoms in total. The van der Waals surface area contributed by atoms with E-state index in [0.29, 0.717) is 5.76 Å². The van der Waals surface area contributed by atoms with Gasteiger partial charge in [0.05, 0.1) is 5.69 Å². The number of benzene rings is 2. The molecular weight excluding hydrogens is 413 g/mol. The van der Waals surface area contributed by atoms with Crippen LogP contribution in [-0.4, -0.2) is 18.2 Å². The largest absolute Gasteiger partial charge is 0.573 e. The van der Waals surface area contributed by atoms with Crippen molar-refractivity contribution in [3.8, 4) is 5.75 Å². The van der Waals surface area contributed by atoms with E-state index < -0.39 is 23.9 Å². The Morgan fingerprint density at radius 3 is 2.29 bits per heavy atom. The van der Waals surface area contributed by atoms with E-state index in [1.165, 1.54) is 24.3 Å². The highest BCUT2D eigenvalue weighted by molar-refractivity contribution is 6.11. The van der Waals surface area contributed by atoms with Gasteiger partial charge < -0.3 is 19.8 Å². The van der Waals surface area contributed by atoms with Crippen LogP contribution in [0.3, 0.4) is 0 Å². The summed E-state index contributed by atoms with van der Waals surface area (Å²) in [5, 5.41) is 4.79. The Morgan fingerprint density at radius 1 is 0.968 bits per heavy atom. The number of hydrogen-bond donors (Lipinski definition) is 2. The van der Waals surface area contributed by atoms with Crippen LogP contribution in [0.4, 0.5) is 18.9 Å². The van der Waals surface area contributed by atoms with Crippen molar-refractivity contribution in [2.75, 3.05) is 5.32 Å². The van der Waals surface area contributed by atoms with E-state index in [2.05, 4.69) is 15.4 Å². The van der Waals surface area contributed by atoms with E-state index >= 15 is 0 Å². The molecule has 0 aliphatic carbocycles. The predicted octanol–water partition coefficient (Wildman–Crippen LogP) is 4.90. The number of aryl methyl sites for hydroxylation is 1. The van der Waals surface area contributed by atoms with Gasteiger partial charge in [-0.05, 0) is 43.3 Å². The van der Waals surface area contributed by atoms with Gasteiger partial charge in [0.1, 0.15) is 17.2 Å². The lowest BCUT2D eigenvalue weighted by atomic mass is 10.2. The molecule has 2 N–H and O–H groups in total. The second-order valence-electron chi connectivity index (χ2n) is 6.32. The Labute approximate surface area is 175 Å². The summed E-state index contributed by atoms with van der Waals surface area (Å²) in [6.07, 6.45) is -3.66. The summed E-state index contributed by atoms with van der Waals surface area (Å²) in [4.78, 5) is 25.4. The van der Waals surface area contributed by atoms with Crippen LogP contribution in [0.5, 0.6) is 5.75 Å². The Balaban J connectivity index is 1.88. The van der Waals surface area contributed by atoms with Crippen LogP contribution >= 0.6 is 0 Å². The first-order valence-electron chi connectivity index (χ1n) is 9.02. The lowest BCUT2D eigenvalue weighted by Crippen LogP contribution is -2.31. The fraction of sp³-hybridized carbons (Fsp3) is 0.0909. The molecule has 3 aromatic rings. The number of carbonyl (C=O) groups excluding carboxylic acids is 2. The molecule has 0 bridgehead atoms. The number of carbonyl (C=O) groups is 2. The van der Waals surface area contributed by atoms with Gasteiger partial charge in [0.15, 0.2) is 5.75 Å². The monoisotopic (exact) mass is 430 g/mol. The smallest absolute Gasteiger partial charge is 0.462 e. The van der Waals surface area contributed by atoms with Crippen molar-refractivity contribution in [2.24, 2.45) is 0 Å². The van der Waals surface area contributed by atoms with E-state index in [-0.39, 0.29) is 22.7 Å². The summed E-state index contributed by atoms with van der Waals surface area (Å²) >= 11 is 0. The third kappa shape index (κ3) is 6.23. The van der Waals surface area contributed by atoms with E-state index in [4.69, 9.17) is 4.42 Å². The highest BCUT2D eigenvalue weighted by Gasteiger charge is 2.32. The summed E-state index contributed by atoms with van der Waals surface area (Å²) in [6, 6.07) is 16.4. The SMILES string of the molecule is Cc1ccc(/C=C(/NC(=O)c2ccccc2)C(=O)Nc2ccccc2OC(F)(F)F)o1. The van der Waals surface area contributed by atoms with Gasteiger partial charge in [-0.2, -0.15) is 0 Å². The van der Waals surface area contributed by atoms with Crippen LogP contribution in [-0.2, 0) is 4.79 Å². The van der Waals surface area contributed by atoms with Crippen molar-refractivity contribution in [3.63, 3.8) is 0 Å². The first-order valence-corrected chi connectivity index (χ1v) is 9.02. The number of rotatable bonds is 6. The average Bonchev–Trinajstić information content (AvgIpc) is 3.13. The third-order valence-corrected chi connectivity index (χ3v) is 3.94. The molecule has 0 atom stereocenters. The second-order valence-corrected chi connectivity index (χ2v) is 6.32. The fourth-order valence-corrected chi connectivity index (χ4v) is 2.59. The predicted molar refractivity (Wildman–Crippen MR) is 107 cm³/mol. The number of amides is 2. The van der Waals surface area contributed by atoms with Crippen molar-refractivity contribution < 1.29 is 31.9 Å². The summed E-state index contributed by atoms with van der Waals surface area (Å²) in [7, 11) is 0. The Kier molecular flexibility index (Phi) is 6.44. The fourth-order valence-electron chi connectivity index (χ4n) is 2.59. The molecule has 1 heterocycles. The molecule has 1 aromatic heterocycles. The molecule has 2 aromatic carbocycles. The molecule has 3 rings (SSSR count). The number of halogens is 3. The van der Waals surface area contributed by atoms with Gasteiger partial charge >= 0.3 is 6.36 Å². The molecule has 0 unspecified atom stereocenters. The van der Waals surface area contributed by atoms with E-state index in [1.54, 1.807) is 49.4 Å². The maximum atomic E-state index is 12.8. The standard InChI is InChI=1S/C22H17F3N2O4/c1-14-11-12-16(30-14)13-18(27-20(28)15-7-3-2-4-8-15)21(29)26-17-9-5-6-10-19(17)31-22(23,24)25/h2-13H,1H3,(H,26,29)(H,27,28)/b18-13+. The summed E-state index contributed by atoms with van der Waals surface area (Å²) in [6.45, 7) is 1.70. The van der Waals surface area contributed by atoms with Gasteiger partial charge in [-0.1, -0.05) is 30.3 Å². The maximum Gasteiger partial charge on any atom is 0.573 e. The molecule has 0 aliphatic rings. The normalized spacial score (nSPS) is 11.7. The minimum atomic E-state index is -4.94. The van der Waals surface area contributed by atoms with Crippen LogP contribution in [0.15, 0.2) is 76.8 Å². The van der Waals surface area contributed by atoms with Crippen molar-refractivity contribution >= 4 is 23.6 Å². The lowest BCUT2D eigenvalue weighted by Gasteiger charge is -2.15. The van der Waals surface area contributed by atoms with Crippen molar-refractivity contribution in [2.45, 2.75) is 13.3 Å². The van der Waals surface area contributed by atoms with E-state index in [0.717, 1.165) is 6.07 Å². The number of alkyl halides is 3. The number of furan rings is 1. The Hall–Kier alpha value is -4.01. The van der Waals surface area contributed by atoms with Crippen molar-refractivity contribution in [1.29, 1.82) is 0 Å². The van der Waals surface area contributed by atoms with Gasteiger partial charge in [0.25, 0.3) is 11.8 Å². The molecular formula is C22H17F3N2O4. The van der Waals surface area contributed by atoms with Gasteiger partial charge in [0.2, 0.25) is 0 Å². The highest BCUT2D eigenvalue weighted by atomic mass is 19.4. The van der Waals surface area contributed by atoms with E-state index in [1.807, 2.05) is 0 Å². The van der Waals surface area contributed by atoms with Gasteiger partial charge in [-0.3, -0.25) is 9.59 Å². The van der Waals surface area contributed by atoms with Gasteiger partial charge in [0, 0.05) is 11.6 Å². The van der Waals surface area contributed by atoms with Crippen LogP contribution in [0, 0.1) is 6.92 Å². The number of hydrogen-bond acceptors (Lipinski definition) is 4. The highest BCUT2D eigenvalue weighted by Crippen LogP contribution is 2.30. The van der Waals surface area contributed by atoms with Gasteiger partial charge in [-0.25, -0.2) is 0 Å². The number of ether oxygens (including phenoxy) is 1. The molecule has 0 saturated heterocycles. The summed E-state index contributed by atoms with van der Waals surface area (Å²) in [5.74, 6) is -1.19. The van der Waals surface area contributed by atoms with Crippen LogP contribution in [0.25, 0.3) is 6.08 Å². The molecule has 160 valence electrons. The zero-order valence-electron chi connectivity index (χ0n) is 16.2. The van der Waals surface area contributed by atoms with Gasteiger partial charge in [-0.15, -0.1) is 13.2 Å². The quantitative estimate of drug-likeness (QED) is 0.546. The first-order chi connectivity index (χ1) is 14.7. The minimum Gasteiger partial charge on any atom is -0.462 e.